The second-order valence-electron chi connectivity index (χ2n) is 4.97. The highest BCUT2D eigenvalue weighted by Crippen LogP contribution is 2.16. The summed E-state index contributed by atoms with van der Waals surface area (Å²) >= 11 is 0. The van der Waals surface area contributed by atoms with Crippen LogP contribution in [0.25, 0.3) is 0 Å². The first-order chi connectivity index (χ1) is 12.0. The van der Waals surface area contributed by atoms with E-state index >= 15 is 0 Å². The molecule has 2 aromatic rings. The molecule has 0 aliphatic rings. The number of carbonyl (C=O) groups excluding carboxylic acids is 2. The van der Waals surface area contributed by atoms with E-state index in [1.807, 2.05) is 0 Å². The van der Waals surface area contributed by atoms with Gasteiger partial charge in [-0.2, -0.15) is 0 Å². The van der Waals surface area contributed by atoms with Crippen LogP contribution in [0.1, 0.15) is 6.92 Å². The van der Waals surface area contributed by atoms with E-state index in [4.69, 9.17) is 9.47 Å². The van der Waals surface area contributed by atoms with Gasteiger partial charge in [-0.3, -0.25) is 20.4 Å². The number of halogens is 2. The first-order valence-electron chi connectivity index (χ1n) is 7.34. The lowest BCUT2D eigenvalue weighted by Gasteiger charge is -2.15. The molecule has 0 heterocycles. The number of para-hydroxylation sites is 1. The molecule has 2 N–H and O–H groups in total. The molecule has 0 spiro atoms. The summed E-state index contributed by atoms with van der Waals surface area (Å²) in [5.41, 5.74) is 4.25. The molecule has 8 heteroatoms. The Morgan fingerprint density at radius 1 is 1.08 bits per heavy atom. The Morgan fingerprint density at radius 3 is 2.56 bits per heavy atom. The molecular formula is C17H16F2N2O4. The number of amides is 2. The van der Waals surface area contributed by atoms with Crippen LogP contribution < -0.4 is 20.3 Å². The van der Waals surface area contributed by atoms with Crippen molar-refractivity contribution in [2.24, 2.45) is 0 Å². The smallest absolute Gasteiger partial charge is 0.279 e. The number of benzene rings is 2. The van der Waals surface area contributed by atoms with Gasteiger partial charge in [0.15, 0.2) is 24.3 Å². The van der Waals surface area contributed by atoms with Crippen molar-refractivity contribution in [1.82, 2.24) is 10.9 Å². The number of hydrogen-bond acceptors (Lipinski definition) is 4. The van der Waals surface area contributed by atoms with E-state index in [1.54, 1.807) is 6.07 Å². The van der Waals surface area contributed by atoms with Crippen molar-refractivity contribution in [3.05, 3.63) is 60.2 Å². The van der Waals surface area contributed by atoms with Gasteiger partial charge in [0.25, 0.3) is 11.8 Å². The average Bonchev–Trinajstić information content (AvgIpc) is 2.59. The predicted octanol–water partition coefficient (Wildman–Crippen LogP) is 1.96. The zero-order chi connectivity index (χ0) is 18.2. The lowest BCUT2D eigenvalue weighted by molar-refractivity contribution is -0.133. The summed E-state index contributed by atoms with van der Waals surface area (Å²) in [6, 6.07) is 10.9. The summed E-state index contributed by atoms with van der Waals surface area (Å²) in [6.07, 6.45) is -1.04. The van der Waals surface area contributed by atoms with E-state index in [-0.39, 0.29) is 11.5 Å². The van der Waals surface area contributed by atoms with Gasteiger partial charge >= 0.3 is 0 Å². The number of nitrogens with one attached hydrogen (secondary N) is 2. The van der Waals surface area contributed by atoms with Crippen LogP contribution in [0.3, 0.4) is 0 Å². The number of rotatable bonds is 6. The third-order valence-electron chi connectivity index (χ3n) is 3.00. The molecule has 2 amide bonds. The Balaban J connectivity index is 1.75. The van der Waals surface area contributed by atoms with Crippen LogP contribution >= 0.6 is 0 Å². The highest BCUT2D eigenvalue weighted by Gasteiger charge is 2.17. The number of ether oxygens (including phenoxy) is 2. The van der Waals surface area contributed by atoms with Crippen LogP contribution in [0.4, 0.5) is 8.78 Å². The van der Waals surface area contributed by atoms with Crippen LogP contribution in [0.5, 0.6) is 11.5 Å². The second kappa shape index (κ2) is 8.62. The van der Waals surface area contributed by atoms with E-state index in [2.05, 4.69) is 10.9 Å². The Morgan fingerprint density at radius 2 is 1.84 bits per heavy atom. The zero-order valence-corrected chi connectivity index (χ0v) is 13.3. The molecule has 6 nitrogen and oxygen atoms in total. The molecule has 0 aliphatic heterocycles. The number of hydrogen-bond donors (Lipinski definition) is 2. The van der Waals surface area contributed by atoms with E-state index in [0.29, 0.717) is 0 Å². The lowest BCUT2D eigenvalue weighted by Crippen LogP contribution is -2.48. The van der Waals surface area contributed by atoms with Gasteiger partial charge in [-0.1, -0.05) is 18.2 Å². The van der Waals surface area contributed by atoms with E-state index in [9.17, 15) is 18.4 Å². The predicted molar refractivity (Wildman–Crippen MR) is 84.7 cm³/mol. The normalized spacial score (nSPS) is 11.3. The lowest BCUT2D eigenvalue weighted by atomic mass is 10.3. The van der Waals surface area contributed by atoms with Crippen molar-refractivity contribution < 1.29 is 27.8 Å². The van der Waals surface area contributed by atoms with Gasteiger partial charge in [0.2, 0.25) is 0 Å². The van der Waals surface area contributed by atoms with Gasteiger partial charge in [0.05, 0.1) is 0 Å². The second-order valence-corrected chi connectivity index (χ2v) is 4.97. The number of carbonyl (C=O) groups is 2. The summed E-state index contributed by atoms with van der Waals surface area (Å²) < 4.78 is 36.7. The van der Waals surface area contributed by atoms with E-state index in [0.717, 1.165) is 6.07 Å². The summed E-state index contributed by atoms with van der Waals surface area (Å²) in [4.78, 5) is 23.4. The van der Waals surface area contributed by atoms with E-state index in [1.165, 1.54) is 43.3 Å². The molecule has 0 fully saturated rings. The summed E-state index contributed by atoms with van der Waals surface area (Å²) in [5.74, 6) is -2.33. The highest BCUT2D eigenvalue weighted by atomic mass is 19.1. The zero-order valence-electron chi connectivity index (χ0n) is 13.3. The Hall–Kier alpha value is -3.16. The Kier molecular flexibility index (Phi) is 6.27. The van der Waals surface area contributed by atoms with Crippen molar-refractivity contribution >= 4 is 11.8 Å². The maximum Gasteiger partial charge on any atom is 0.279 e. The van der Waals surface area contributed by atoms with Gasteiger partial charge in [-0.25, -0.2) is 8.78 Å². The van der Waals surface area contributed by atoms with Gasteiger partial charge in [0.1, 0.15) is 11.6 Å². The van der Waals surface area contributed by atoms with Crippen molar-refractivity contribution in [2.75, 3.05) is 6.61 Å². The Bertz CT molecular complexity index is 755. The van der Waals surface area contributed by atoms with Crippen molar-refractivity contribution in [1.29, 1.82) is 0 Å². The van der Waals surface area contributed by atoms with Gasteiger partial charge in [-0.05, 0) is 31.2 Å². The minimum atomic E-state index is -1.04. The summed E-state index contributed by atoms with van der Waals surface area (Å²) in [5, 5.41) is 0. The summed E-state index contributed by atoms with van der Waals surface area (Å²) in [7, 11) is 0. The molecule has 2 rings (SSSR count). The maximum atomic E-state index is 13.4. The molecule has 0 radical (unpaired) electrons. The van der Waals surface area contributed by atoms with Gasteiger partial charge < -0.3 is 9.47 Å². The topological polar surface area (TPSA) is 76.7 Å². The minimum Gasteiger partial charge on any atom is -0.484 e. The average molecular weight is 350 g/mol. The molecule has 25 heavy (non-hydrogen) atoms. The Labute approximate surface area is 142 Å². The SMILES string of the molecule is C[C@H](Oc1ccccc1F)C(=O)NNC(=O)COc1cccc(F)c1. The molecule has 0 aliphatic carbocycles. The van der Waals surface area contributed by atoms with Crippen molar-refractivity contribution in [3.63, 3.8) is 0 Å². The molecule has 2 aromatic carbocycles. The first kappa shape index (κ1) is 18.2. The number of hydrazine groups is 1. The van der Waals surface area contributed by atoms with Crippen LogP contribution in [0.2, 0.25) is 0 Å². The van der Waals surface area contributed by atoms with Gasteiger partial charge in [-0.15, -0.1) is 0 Å². The molecule has 0 unspecified atom stereocenters. The summed E-state index contributed by atoms with van der Waals surface area (Å²) in [6.45, 7) is 0.976. The van der Waals surface area contributed by atoms with Crippen LogP contribution in [0.15, 0.2) is 48.5 Å². The monoisotopic (exact) mass is 350 g/mol. The van der Waals surface area contributed by atoms with Crippen LogP contribution in [-0.2, 0) is 9.59 Å². The molecule has 0 saturated carbocycles. The molecule has 132 valence electrons. The largest absolute Gasteiger partial charge is 0.484 e. The quantitative estimate of drug-likeness (QED) is 0.781. The fourth-order valence-electron chi connectivity index (χ4n) is 1.76. The van der Waals surface area contributed by atoms with E-state index < -0.39 is 36.2 Å². The molecule has 0 bridgehead atoms. The maximum absolute atomic E-state index is 13.4. The fraction of sp³-hybridized carbons (Fsp3) is 0.176. The molecular weight excluding hydrogens is 334 g/mol. The van der Waals surface area contributed by atoms with Gasteiger partial charge in [0, 0.05) is 6.07 Å². The molecule has 1 atom stereocenters. The first-order valence-corrected chi connectivity index (χ1v) is 7.34. The van der Waals surface area contributed by atoms with Crippen LogP contribution in [-0.4, -0.2) is 24.5 Å². The molecule has 0 aromatic heterocycles. The van der Waals surface area contributed by atoms with Crippen molar-refractivity contribution in [3.8, 4) is 11.5 Å². The van der Waals surface area contributed by atoms with Crippen LogP contribution in [0, 0.1) is 11.6 Å². The minimum absolute atomic E-state index is 0.0779. The standard InChI is InChI=1S/C17H16F2N2O4/c1-11(25-15-8-3-2-7-14(15)19)17(23)21-20-16(22)10-24-13-6-4-5-12(18)9-13/h2-9,11H,10H2,1H3,(H,20,22)(H,21,23)/t11-/m0/s1. The third kappa shape index (κ3) is 5.76. The molecule has 0 saturated heterocycles. The highest BCUT2D eigenvalue weighted by molar-refractivity contribution is 5.85. The third-order valence-corrected chi connectivity index (χ3v) is 3.00. The fourth-order valence-corrected chi connectivity index (χ4v) is 1.76. The van der Waals surface area contributed by atoms with Crippen molar-refractivity contribution in [2.45, 2.75) is 13.0 Å².